The molecule has 0 heterocycles. The molecule has 0 saturated carbocycles. The summed E-state index contributed by atoms with van der Waals surface area (Å²) in [6, 6.07) is 6.43. The van der Waals surface area contributed by atoms with Crippen LogP contribution in [0.25, 0.3) is 0 Å². The molecule has 2 aromatic rings. The van der Waals surface area contributed by atoms with E-state index in [9.17, 15) is 9.18 Å². The Morgan fingerprint density at radius 1 is 1.04 bits per heavy atom. The quantitative estimate of drug-likeness (QED) is 0.780. The van der Waals surface area contributed by atoms with Crippen LogP contribution in [0, 0.1) is 5.82 Å². The van der Waals surface area contributed by atoms with Crippen LogP contribution in [0.4, 0.5) is 4.39 Å². The van der Waals surface area contributed by atoms with E-state index in [1.165, 1.54) is 27.4 Å². The maximum atomic E-state index is 14.3. The summed E-state index contributed by atoms with van der Waals surface area (Å²) >= 11 is 0. The Morgan fingerprint density at radius 3 is 2.35 bits per heavy atom. The van der Waals surface area contributed by atoms with Crippen molar-refractivity contribution in [1.29, 1.82) is 0 Å². The Labute approximate surface area is 151 Å². The van der Waals surface area contributed by atoms with Crippen molar-refractivity contribution >= 4 is 5.78 Å². The van der Waals surface area contributed by atoms with Gasteiger partial charge >= 0.3 is 0 Å². The van der Waals surface area contributed by atoms with Crippen molar-refractivity contribution in [3.8, 4) is 23.0 Å². The number of hydrogen-bond donors (Lipinski definition) is 0. The second-order valence-corrected chi connectivity index (χ2v) is 5.91. The molecule has 0 unspecified atom stereocenters. The van der Waals surface area contributed by atoms with Crippen LogP contribution in [0.5, 0.6) is 23.0 Å². The fourth-order valence-corrected chi connectivity index (χ4v) is 3.44. The number of ketones is 1. The van der Waals surface area contributed by atoms with E-state index >= 15 is 0 Å². The predicted molar refractivity (Wildman–Crippen MR) is 94.5 cm³/mol. The van der Waals surface area contributed by atoms with Crippen LogP contribution in [0.15, 0.2) is 24.3 Å². The summed E-state index contributed by atoms with van der Waals surface area (Å²) in [7, 11) is 4.52. The first-order valence-corrected chi connectivity index (χ1v) is 8.33. The number of halogens is 1. The molecule has 0 radical (unpaired) electrons. The standard InChI is InChI=1S/C20H21FO5/c1-5-26-16-7-6-11(8-14(16)21)12-9-15(22)13-10-17(23-2)19(24-3)20(25-4)18(12)13/h6-8,10,12H,5,9H2,1-4H3/t12-/m1/s1. The summed E-state index contributed by atoms with van der Waals surface area (Å²) in [5.41, 5.74) is 1.89. The van der Waals surface area contributed by atoms with E-state index in [1.807, 2.05) is 0 Å². The van der Waals surface area contributed by atoms with Gasteiger partial charge in [-0.15, -0.1) is 0 Å². The lowest BCUT2D eigenvalue weighted by Gasteiger charge is -2.19. The van der Waals surface area contributed by atoms with Gasteiger partial charge in [0.15, 0.2) is 28.8 Å². The van der Waals surface area contributed by atoms with Gasteiger partial charge < -0.3 is 18.9 Å². The molecular weight excluding hydrogens is 339 g/mol. The van der Waals surface area contributed by atoms with Gasteiger partial charge in [0.1, 0.15) is 0 Å². The number of carbonyl (C=O) groups excluding carboxylic acids is 1. The monoisotopic (exact) mass is 360 g/mol. The molecule has 2 aromatic carbocycles. The van der Waals surface area contributed by atoms with Gasteiger partial charge in [0.2, 0.25) is 5.75 Å². The molecule has 0 bridgehead atoms. The zero-order valence-electron chi connectivity index (χ0n) is 15.2. The summed E-state index contributed by atoms with van der Waals surface area (Å²) in [5, 5.41) is 0. The van der Waals surface area contributed by atoms with Crippen LogP contribution in [0.2, 0.25) is 0 Å². The second kappa shape index (κ2) is 7.23. The maximum absolute atomic E-state index is 14.3. The van der Waals surface area contributed by atoms with E-state index in [0.717, 1.165) is 0 Å². The van der Waals surface area contributed by atoms with Gasteiger partial charge in [0.05, 0.1) is 27.9 Å². The highest BCUT2D eigenvalue weighted by Gasteiger charge is 2.37. The van der Waals surface area contributed by atoms with Crippen LogP contribution in [-0.4, -0.2) is 33.7 Å². The average molecular weight is 360 g/mol. The van der Waals surface area contributed by atoms with E-state index in [4.69, 9.17) is 18.9 Å². The van der Waals surface area contributed by atoms with E-state index in [2.05, 4.69) is 0 Å². The van der Waals surface area contributed by atoms with Crippen molar-refractivity contribution < 1.29 is 28.1 Å². The summed E-state index contributed by atoms with van der Waals surface area (Å²) in [4.78, 5) is 12.6. The van der Waals surface area contributed by atoms with Crippen LogP contribution < -0.4 is 18.9 Å². The molecule has 0 aliphatic heterocycles. The Kier molecular flexibility index (Phi) is 5.02. The Morgan fingerprint density at radius 2 is 1.77 bits per heavy atom. The van der Waals surface area contributed by atoms with Crippen LogP contribution >= 0.6 is 0 Å². The van der Waals surface area contributed by atoms with Gasteiger partial charge in [-0.25, -0.2) is 4.39 Å². The highest BCUT2D eigenvalue weighted by Crippen LogP contribution is 2.51. The number of rotatable bonds is 6. The number of fused-ring (bicyclic) bond motifs is 1. The minimum absolute atomic E-state index is 0.0430. The first-order chi connectivity index (χ1) is 12.5. The number of methoxy groups -OCH3 is 3. The SMILES string of the molecule is CCOc1ccc([C@H]2CC(=O)c3cc(OC)c(OC)c(OC)c32)cc1F. The first-order valence-electron chi connectivity index (χ1n) is 8.33. The highest BCUT2D eigenvalue weighted by atomic mass is 19.1. The van der Waals surface area contributed by atoms with Crippen LogP contribution in [0.1, 0.15) is 40.7 Å². The molecule has 6 heteroatoms. The molecule has 0 amide bonds. The molecule has 1 aliphatic rings. The van der Waals surface area contributed by atoms with Crippen molar-refractivity contribution in [2.45, 2.75) is 19.3 Å². The number of hydrogen-bond acceptors (Lipinski definition) is 5. The van der Waals surface area contributed by atoms with Crippen molar-refractivity contribution in [2.24, 2.45) is 0 Å². The van der Waals surface area contributed by atoms with Crippen molar-refractivity contribution in [1.82, 2.24) is 0 Å². The lowest BCUT2D eigenvalue weighted by Crippen LogP contribution is -2.04. The van der Waals surface area contributed by atoms with E-state index in [1.54, 1.807) is 25.1 Å². The molecular formula is C20H21FO5. The summed E-state index contributed by atoms with van der Waals surface area (Å²) in [6.45, 7) is 2.18. The third kappa shape index (κ3) is 2.85. The van der Waals surface area contributed by atoms with Gasteiger partial charge in [-0.2, -0.15) is 0 Å². The third-order valence-corrected chi connectivity index (χ3v) is 4.56. The summed E-state index contributed by atoms with van der Waals surface area (Å²) in [5.74, 6) is 0.655. The molecule has 1 atom stereocenters. The third-order valence-electron chi connectivity index (χ3n) is 4.56. The van der Waals surface area contributed by atoms with Crippen LogP contribution in [0.3, 0.4) is 0 Å². The van der Waals surface area contributed by atoms with Crippen molar-refractivity contribution in [3.63, 3.8) is 0 Å². The minimum atomic E-state index is -0.454. The van der Waals surface area contributed by atoms with Gasteiger partial charge in [0, 0.05) is 23.5 Å². The van der Waals surface area contributed by atoms with E-state index in [0.29, 0.717) is 40.5 Å². The fraction of sp³-hybridized carbons (Fsp3) is 0.350. The molecule has 3 rings (SSSR count). The van der Waals surface area contributed by atoms with Crippen molar-refractivity contribution in [2.75, 3.05) is 27.9 Å². The smallest absolute Gasteiger partial charge is 0.203 e. The Bertz CT molecular complexity index is 847. The van der Waals surface area contributed by atoms with E-state index < -0.39 is 5.82 Å². The van der Waals surface area contributed by atoms with Gasteiger partial charge in [-0.1, -0.05) is 6.07 Å². The minimum Gasteiger partial charge on any atom is -0.493 e. The molecule has 138 valence electrons. The molecule has 1 aliphatic carbocycles. The highest BCUT2D eigenvalue weighted by molar-refractivity contribution is 6.03. The van der Waals surface area contributed by atoms with Gasteiger partial charge in [-0.3, -0.25) is 4.79 Å². The molecule has 0 N–H and O–H groups in total. The molecule has 0 spiro atoms. The Hall–Kier alpha value is -2.76. The van der Waals surface area contributed by atoms with Gasteiger partial charge in [-0.05, 0) is 30.7 Å². The maximum Gasteiger partial charge on any atom is 0.203 e. The topological polar surface area (TPSA) is 54.0 Å². The predicted octanol–water partition coefficient (Wildman–Crippen LogP) is 3.97. The molecule has 0 fully saturated rings. The molecule has 5 nitrogen and oxygen atoms in total. The lowest BCUT2D eigenvalue weighted by molar-refractivity contribution is 0.0991. The number of Topliss-reactive ketones (excluding diaryl/α,β-unsaturated/α-hetero) is 1. The molecule has 0 aromatic heterocycles. The number of carbonyl (C=O) groups is 1. The van der Waals surface area contributed by atoms with Crippen molar-refractivity contribution in [3.05, 3.63) is 46.8 Å². The molecule has 0 saturated heterocycles. The fourth-order valence-electron chi connectivity index (χ4n) is 3.44. The zero-order valence-corrected chi connectivity index (χ0v) is 15.2. The summed E-state index contributed by atoms with van der Waals surface area (Å²) in [6.07, 6.45) is 0.232. The van der Waals surface area contributed by atoms with Crippen LogP contribution in [-0.2, 0) is 0 Å². The second-order valence-electron chi connectivity index (χ2n) is 5.91. The largest absolute Gasteiger partial charge is 0.493 e. The normalized spacial score (nSPS) is 15.6. The van der Waals surface area contributed by atoms with E-state index in [-0.39, 0.29) is 23.9 Å². The summed E-state index contributed by atoms with van der Waals surface area (Å²) < 4.78 is 35.9. The van der Waals surface area contributed by atoms with Gasteiger partial charge in [0.25, 0.3) is 0 Å². The number of ether oxygens (including phenoxy) is 4. The lowest BCUT2D eigenvalue weighted by atomic mass is 9.91. The zero-order chi connectivity index (χ0) is 18.8. The number of benzene rings is 2. The average Bonchev–Trinajstić information content (AvgIpc) is 2.98. The molecule has 26 heavy (non-hydrogen) atoms. The Balaban J connectivity index is 2.15. The first kappa shape index (κ1) is 18.0.